The van der Waals surface area contributed by atoms with Crippen molar-refractivity contribution in [3.05, 3.63) is 58.5 Å². The second kappa shape index (κ2) is 7.36. The van der Waals surface area contributed by atoms with Crippen molar-refractivity contribution < 1.29 is 13.2 Å². The number of nitrogens with one attached hydrogen (secondary N) is 1. The molecular formula is C19H19N3O3S2. The molecule has 8 heteroatoms. The zero-order valence-electron chi connectivity index (χ0n) is 14.6. The van der Waals surface area contributed by atoms with Gasteiger partial charge in [0.25, 0.3) is 15.9 Å². The SMILES string of the molecule is O=C1N=NC(Cc2cccc(NS(=O)(=O)c3cccs3)c2)C2=C1CCCC2. The first-order chi connectivity index (χ1) is 13.0. The number of azo groups is 1. The van der Waals surface area contributed by atoms with E-state index in [2.05, 4.69) is 15.0 Å². The highest BCUT2D eigenvalue weighted by Gasteiger charge is 2.29. The van der Waals surface area contributed by atoms with Crippen molar-refractivity contribution in [2.45, 2.75) is 42.4 Å². The van der Waals surface area contributed by atoms with Gasteiger partial charge in [-0.2, -0.15) is 5.11 Å². The molecule has 2 aliphatic rings. The Balaban J connectivity index is 1.54. The third kappa shape index (κ3) is 3.86. The van der Waals surface area contributed by atoms with Gasteiger partial charge in [0.2, 0.25) is 0 Å². The van der Waals surface area contributed by atoms with Gasteiger partial charge >= 0.3 is 0 Å². The minimum atomic E-state index is -3.57. The number of benzene rings is 1. The van der Waals surface area contributed by atoms with Crippen LogP contribution in [-0.4, -0.2) is 20.4 Å². The Hall–Kier alpha value is -2.32. The van der Waals surface area contributed by atoms with E-state index < -0.39 is 10.0 Å². The van der Waals surface area contributed by atoms with E-state index in [4.69, 9.17) is 0 Å². The van der Waals surface area contributed by atoms with Gasteiger partial charge in [-0.05, 0) is 60.4 Å². The molecule has 140 valence electrons. The van der Waals surface area contributed by atoms with Gasteiger partial charge < -0.3 is 0 Å². The Labute approximate surface area is 162 Å². The van der Waals surface area contributed by atoms with E-state index in [0.717, 1.165) is 42.4 Å². The molecule has 1 aliphatic heterocycles. The van der Waals surface area contributed by atoms with Crippen molar-refractivity contribution in [3.63, 3.8) is 0 Å². The van der Waals surface area contributed by atoms with Gasteiger partial charge in [0.1, 0.15) is 4.21 Å². The zero-order valence-corrected chi connectivity index (χ0v) is 16.2. The Morgan fingerprint density at radius 2 is 2.00 bits per heavy atom. The van der Waals surface area contributed by atoms with Gasteiger partial charge in [-0.15, -0.1) is 16.5 Å². The number of carbonyl (C=O) groups excluding carboxylic acids is 1. The van der Waals surface area contributed by atoms with E-state index in [1.54, 1.807) is 23.6 Å². The van der Waals surface area contributed by atoms with Crippen LogP contribution in [0.1, 0.15) is 31.2 Å². The maximum absolute atomic E-state index is 12.4. The van der Waals surface area contributed by atoms with Gasteiger partial charge in [0, 0.05) is 17.7 Å². The first-order valence-electron chi connectivity index (χ1n) is 8.85. The van der Waals surface area contributed by atoms with Crippen molar-refractivity contribution in [1.29, 1.82) is 0 Å². The van der Waals surface area contributed by atoms with Crippen LogP contribution in [0.25, 0.3) is 0 Å². The van der Waals surface area contributed by atoms with Gasteiger partial charge in [-0.3, -0.25) is 9.52 Å². The minimum Gasteiger partial charge on any atom is -0.279 e. The lowest BCUT2D eigenvalue weighted by molar-refractivity contribution is -0.115. The van der Waals surface area contributed by atoms with Crippen LogP contribution in [-0.2, 0) is 21.2 Å². The molecule has 1 aromatic carbocycles. The second-order valence-electron chi connectivity index (χ2n) is 6.69. The predicted molar refractivity (Wildman–Crippen MR) is 104 cm³/mol. The van der Waals surface area contributed by atoms with Crippen LogP contribution >= 0.6 is 11.3 Å². The fourth-order valence-electron chi connectivity index (χ4n) is 3.56. The standard InChI is InChI=1S/C19H19N3O3S2/c23-19-16-8-2-1-7-15(16)17(20-21-19)12-13-5-3-6-14(11-13)22-27(24,25)18-9-4-10-26-18/h3-6,9-11,17,22H,1-2,7-8,12H2. The fourth-order valence-corrected chi connectivity index (χ4v) is 5.61. The summed E-state index contributed by atoms with van der Waals surface area (Å²) < 4.78 is 27.7. The molecular weight excluding hydrogens is 382 g/mol. The summed E-state index contributed by atoms with van der Waals surface area (Å²) in [6, 6.07) is 10.5. The van der Waals surface area contributed by atoms with Crippen molar-refractivity contribution in [2.75, 3.05) is 4.72 Å². The maximum Gasteiger partial charge on any atom is 0.291 e. The smallest absolute Gasteiger partial charge is 0.279 e. The highest BCUT2D eigenvalue weighted by atomic mass is 32.2. The molecule has 1 aromatic heterocycles. The summed E-state index contributed by atoms with van der Waals surface area (Å²) in [7, 11) is -3.57. The normalized spacial score (nSPS) is 19.9. The molecule has 2 heterocycles. The van der Waals surface area contributed by atoms with Gasteiger partial charge in [0.15, 0.2) is 0 Å². The number of thiophene rings is 1. The Kier molecular flexibility index (Phi) is 4.92. The molecule has 1 N–H and O–H groups in total. The van der Waals surface area contributed by atoms with Crippen molar-refractivity contribution in [2.24, 2.45) is 10.2 Å². The van der Waals surface area contributed by atoms with Crippen molar-refractivity contribution in [1.82, 2.24) is 0 Å². The summed E-state index contributed by atoms with van der Waals surface area (Å²) in [5.41, 5.74) is 3.40. The summed E-state index contributed by atoms with van der Waals surface area (Å²) in [5.74, 6) is -0.196. The van der Waals surface area contributed by atoms with Gasteiger partial charge in [-0.1, -0.05) is 18.2 Å². The first-order valence-corrected chi connectivity index (χ1v) is 11.2. The molecule has 0 spiro atoms. The number of anilines is 1. The molecule has 0 bridgehead atoms. The van der Waals surface area contributed by atoms with Crippen LogP contribution in [0.2, 0.25) is 0 Å². The quantitative estimate of drug-likeness (QED) is 0.809. The monoisotopic (exact) mass is 401 g/mol. The third-order valence-corrected chi connectivity index (χ3v) is 7.61. The molecule has 0 fully saturated rings. The summed E-state index contributed by atoms with van der Waals surface area (Å²) >= 11 is 1.18. The number of nitrogens with zero attached hydrogens (tertiary/aromatic N) is 2. The van der Waals surface area contributed by atoms with E-state index in [0.29, 0.717) is 12.1 Å². The van der Waals surface area contributed by atoms with E-state index in [-0.39, 0.29) is 16.2 Å². The Morgan fingerprint density at radius 3 is 2.81 bits per heavy atom. The van der Waals surface area contributed by atoms with Crippen LogP contribution in [0.3, 0.4) is 0 Å². The molecule has 1 unspecified atom stereocenters. The summed E-state index contributed by atoms with van der Waals surface area (Å²) in [5, 5.41) is 9.77. The average Bonchev–Trinajstić information content (AvgIpc) is 3.20. The average molecular weight is 402 g/mol. The van der Waals surface area contributed by atoms with Gasteiger partial charge in [-0.25, -0.2) is 8.42 Å². The molecule has 0 radical (unpaired) electrons. The predicted octanol–water partition coefficient (Wildman–Crippen LogP) is 4.32. The van der Waals surface area contributed by atoms with E-state index in [9.17, 15) is 13.2 Å². The molecule has 2 aromatic rings. The summed E-state index contributed by atoms with van der Waals surface area (Å²) in [6.45, 7) is 0. The van der Waals surface area contributed by atoms with Crippen LogP contribution in [0.15, 0.2) is 67.4 Å². The number of amides is 1. The van der Waals surface area contributed by atoms with Crippen LogP contribution in [0.4, 0.5) is 5.69 Å². The van der Waals surface area contributed by atoms with Crippen LogP contribution < -0.4 is 4.72 Å². The lowest BCUT2D eigenvalue weighted by Crippen LogP contribution is -2.23. The zero-order chi connectivity index (χ0) is 18.9. The Bertz CT molecular complexity index is 1020. The third-order valence-electron chi connectivity index (χ3n) is 4.83. The van der Waals surface area contributed by atoms with E-state index in [1.807, 2.05) is 18.2 Å². The first kappa shape index (κ1) is 18.1. The highest BCUT2D eigenvalue weighted by molar-refractivity contribution is 7.94. The number of sulfonamides is 1. The molecule has 0 saturated heterocycles. The highest BCUT2D eigenvalue weighted by Crippen LogP contribution is 2.34. The van der Waals surface area contributed by atoms with Gasteiger partial charge in [0.05, 0.1) is 6.04 Å². The summed E-state index contributed by atoms with van der Waals surface area (Å²) in [4.78, 5) is 12.0. The summed E-state index contributed by atoms with van der Waals surface area (Å²) in [6.07, 6.45) is 4.36. The van der Waals surface area contributed by atoms with Crippen molar-refractivity contribution >= 4 is 33.0 Å². The van der Waals surface area contributed by atoms with E-state index >= 15 is 0 Å². The second-order valence-corrected chi connectivity index (χ2v) is 9.55. The largest absolute Gasteiger partial charge is 0.291 e. The number of carbonyl (C=O) groups is 1. The van der Waals surface area contributed by atoms with E-state index in [1.165, 1.54) is 11.3 Å². The molecule has 1 amide bonds. The molecule has 1 atom stereocenters. The molecule has 0 saturated carbocycles. The maximum atomic E-state index is 12.4. The Morgan fingerprint density at radius 1 is 1.15 bits per heavy atom. The molecule has 6 nitrogen and oxygen atoms in total. The minimum absolute atomic E-state index is 0.137. The van der Waals surface area contributed by atoms with Crippen LogP contribution in [0.5, 0.6) is 0 Å². The molecule has 1 aliphatic carbocycles. The topological polar surface area (TPSA) is 88.0 Å². The number of rotatable bonds is 5. The molecule has 4 rings (SSSR count). The lowest BCUT2D eigenvalue weighted by atomic mass is 9.84. The van der Waals surface area contributed by atoms with Crippen LogP contribution in [0, 0.1) is 0 Å². The lowest BCUT2D eigenvalue weighted by Gasteiger charge is -2.25. The van der Waals surface area contributed by atoms with Crippen molar-refractivity contribution in [3.8, 4) is 0 Å². The number of hydrogen-bond donors (Lipinski definition) is 1. The molecule has 27 heavy (non-hydrogen) atoms. The number of hydrogen-bond acceptors (Lipinski definition) is 5. The fraction of sp³-hybridized carbons (Fsp3) is 0.316.